The van der Waals surface area contributed by atoms with Crippen LogP contribution in [-0.4, -0.2) is 19.5 Å². The molecule has 130 valence electrons. The number of hydrogen-bond acceptors (Lipinski definition) is 6. The van der Waals surface area contributed by atoms with Crippen LogP contribution in [0.25, 0.3) is 11.2 Å². The first-order valence-corrected chi connectivity index (χ1v) is 10.1. The molecule has 3 aromatic heterocycles. The summed E-state index contributed by atoms with van der Waals surface area (Å²) in [6, 6.07) is 11.6. The monoisotopic (exact) mass is 400 g/mol. The summed E-state index contributed by atoms with van der Waals surface area (Å²) in [7, 11) is 0. The Bertz CT molecular complexity index is 1110. The lowest BCUT2D eigenvalue weighted by atomic mass is 10.2. The first-order chi connectivity index (χ1) is 12.7. The summed E-state index contributed by atoms with van der Waals surface area (Å²) in [5, 5.41) is 3.31. The number of benzene rings is 1. The van der Waals surface area contributed by atoms with Gasteiger partial charge in [-0.1, -0.05) is 41.6 Å². The molecule has 26 heavy (non-hydrogen) atoms. The van der Waals surface area contributed by atoms with Crippen LogP contribution in [0.4, 0.5) is 0 Å². The van der Waals surface area contributed by atoms with Gasteiger partial charge in [0.1, 0.15) is 0 Å². The second-order valence-corrected chi connectivity index (χ2v) is 7.92. The first-order valence-electron chi connectivity index (χ1n) is 7.82. The molecule has 0 amide bonds. The van der Waals surface area contributed by atoms with Crippen LogP contribution in [0.2, 0.25) is 5.02 Å². The van der Waals surface area contributed by atoms with Crippen LogP contribution in [0.1, 0.15) is 10.4 Å². The van der Waals surface area contributed by atoms with Crippen LogP contribution >= 0.6 is 34.7 Å². The minimum absolute atomic E-state index is 0.176. The number of halogens is 1. The summed E-state index contributed by atoms with van der Waals surface area (Å²) in [6.45, 7) is 0.466. The molecule has 4 rings (SSSR count). The van der Waals surface area contributed by atoms with Crippen LogP contribution in [0.15, 0.2) is 64.1 Å². The van der Waals surface area contributed by atoms with E-state index in [-0.39, 0.29) is 11.1 Å². The molecule has 0 fully saturated rings. The molecule has 0 aliphatic carbocycles. The molecule has 0 aliphatic rings. The lowest BCUT2D eigenvalue weighted by molar-refractivity contribution is 0.660. The molecule has 0 N–H and O–H groups in total. The molecule has 0 bridgehead atoms. The molecule has 0 saturated carbocycles. The third-order valence-electron chi connectivity index (χ3n) is 3.71. The number of hydrogen-bond donors (Lipinski definition) is 0. The van der Waals surface area contributed by atoms with Crippen LogP contribution in [0.3, 0.4) is 0 Å². The minimum Gasteiger partial charge on any atom is -0.280 e. The van der Waals surface area contributed by atoms with Gasteiger partial charge in [-0.2, -0.15) is 0 Å². The second-order valence-electron chi connectivity index (χ2n) is 5.51. The van der Waals surface area contributed by atoms with Gasteiger partial charge in [0.25, 0.3) is 5.56 Å². The molecule has 0 spiro atoms. The summed E-state index contributed by atoms with van der Waals surface area (Å²) in [5.74, 6) is 0.656. The fourth-order valence-electron chi connectivity index (χ4n) is 2.51. The molecule has 0 atom stereocenters. The van der Waals surface area contributed by atoms with Gasteiger partial charge in [-0.05, 0) is 29.1 Å². The van der Waals surface area contributed by atoms with E-state index in [0.29, 0.717) is 28.1 Å². The molecule has 1 aromatic carbocycles. The zero-order valence-electron chi connectivity index (χ0n) is 13.5. The van der Waals surface area contributed by atoms with Crippen molar-refractivity contribution >= 4 is 45.9 Å². The average molecular weight is 401 g/mol. The van der Waals surface area contributed by atoms with E-state index in [1.165, 1.54) is 18.0 Å². The molecule has 4 aromatic rings. The van der Waals surface area contributed by atoms with Gasteiger partial charge in [0, 0.05) is 28.0 Å². The summed E-state index contributed by atoms with van der Waals surface area (Å²) in [5.41, 5.74) is 1.55. The summed E-state index contributed by atoms with van der Waals surface area (Å²) in [6.07, 6.45) is 3.06. The highest BCUT2D eigenvalue weighted by atomic mass is 35.5. The third-order valence-corrected chi connectivity index (χ3v) is 5.85. The van der Waals surface area contributed by atoms with E-state index in [4.69, 9.17) is 11.6 Å². The average Bonchev–Trinajstić information content (AvgIpc) is 3.16. The van der Waals surface area contributed by atoms with E-state index >= 15 is 0 Å². The molecule has 5 nitrogen and oxygen atoms in total. The van der Waals surface area contributed by atoms with Crippen molar-refractivity contribution in [2.45, 2.75) is 17.5 Å². The van der Waals surface area contributed by atoms with Crippen molar-refractivity contribution in [2.75, 3.05) is 0 Å². The van der Waals surface area contributed by atoms with Crippen LogP contribution in [0.5, 0.6) is 0 Å². The van der Waals surface area contributed by atoms with Gasteiger partial charge in [0.15, 0.2) is 16.3 Å². The maximum atomic E-state index is 12.9. The quantitative estimate of drug-likeness (QED) is 0.370. The molecular formula is C18H13ClN4OS2. The number of fused-ring (bicyclic) bond motifs is 1. The second kappa shape index (κ2) is 7.57. The Hall–Kier alpha value is -2.22. The number of rotatable bonds is 5. The first kappa shape index (κ1) is 17.2. The van der Waals surface area contributed by atoms with Crippen molar-refractivity contribution in [3.63, 3.8) is 0 Å². The molecular weight excluding hydrogens is 388 g/mol. The third kappa shape index (κ3) is 3.65. The van der Waals surface area contributed by atoms with Crippen molar-refractivity contribution in [3.8, 4) is 0 Å². The highest BCUT2D eigenvalue weighted by molar-refractivity contribution is 7.98. The molecule has 0 radical (unpaired) electrons. The predicted molar refractivity (Wildman–Crippen MR) is 106 cm³/mol. The summed E-state index contributed by atoms with van der Waals surface area (Å²) < 4.78 is 1.66. The van der Waals surface area contributed by atoms with E-state index in [9.17, 15) is 4.79 Å². The van der Waals surface area contributed by atoms with Gasteiger partial charge >= 0.3 is 0 Å². The Labute approximate surface area is 162 Å². The molecule has 0 aliphatic heterocycles. The van der Waals surface area contributed by atoms with Gasteiger partial charge in [0.05, 0.1) is 6.54 Å². The van der Waals surface area contributed by atoms with Crippen molar-refractivity contribution < 1.29 is 0 Å². The number of thioether (sulfide) groups is 1. The van der Waals surface area contributed by atoms with Crippen LogP contribution < -0.4 is 5.56 Å². The van der Waals surface area contributed by atoms with E-state index in [1.807, 2.05) is 41.8 Å². The van der Waals surface area contributed by atoms with Crippen molar-refractivity contribution in [2.24, 2.45) is 0 Å². The van der Waals surface area contributed by atoms with Crippen LogP contribution in [0, 0.1) is 0 Å². The highest BCUT2D eigenvalue weighted by Gasteiger charge is 2.14. The van der Waals surface area contributed by atoms with Crippen molar-refractivity contribution in [1.29, 1.82) is 0 Å². The van der Waals surface area contributed by atoms with E-state index in [1.54, 1.807) is 22.1 Å². The lowest BCUT2D eigenvalue weighted by Gasteiger charge is -2.11. The van der Waals surface area contributed by atoms with Crippen LogP contribution in [-0.2, 0) is 12.3 Å². The fraction of sp³-hybridized carbons (Fsp3) is 0.111. The van der Waals surface area contributed by atoms with E-state index < -0.39 is 0 Å². The largest absolute Gasteiger partial charge is 0.282 e. The Morgan fingerprint density at radius 2 is 2.04 bits per heavy atom. The molecule has 3 heterocycles. The highest BCUT2D eigenvalue weighted by Crippen LogP contribution is 2.24. The van der Waals surface area contributed by atoms with Gasteiger partial charge < -0.3 is 0 Å². The normalized spacial score (nSPS) is 11.1. The number of aromatic nitrogens is 4. The van der Waals surface area contributed by atoms with Gasteiger partial charge in [-0.3, -0.25) is 9.36 Å². The Balaban J connectivity index is 1.74. The summed E-state index contributed by atoms with van der Waals surface area (Å²) >= 11 is 9.16. The Morgan fingerprint density at radius 3 is 2.85 bits per heavy atom. The number of nitrogens with zero attached hydrogens (tertiary/aromatic N) is 4. The standard InChI is InChI=1S/C18H13ClN4OS2/c19-13-4-1-3-12(9-13)11-26-18-22-16-15(20-6-7-21-16)17(24)23(18)10-14-5-2-8-25-14/h1-9H,10-11H2. The fourth-order valence-corrected chi connectivity index (χ4v) is 4.35. The SMILES string of the molecule is O=c1c2nccnc2nc(SCc2cccc(Cl)c2)n1Cc1cccs1. The Kier molecular flexibility index (Phi) is 5.01. The van der Waals surface area contributed by atoms with Gasteiger partial charge in [-0.15, -0.1) is 11.3 Å². The zero-order valence-corrected chi connectivity index (χ0v) is 15.9. The van der Waals surface area contributed by atoms with Crippen molar-refractivity contribution in [3.05, 3.63) is 80.0 Å². The minimum atomic E-state index is -0.176. The smallest absolute Gasteiger partial charge is 0.280 e. The maximum Gasteiger partial charge on any atom is 0.282 e. The topological polar surface area (TPSA) is 60.7 Å². The van der Waals surface area contributed by atoms with E-state index in [0.717, 1.165) is 10.4 Å². The van der Waals surface area contributed by atoms with Gasteiger partial charge in [0.2, 0.25) is 0 Å². The molecule has 0 saturated heterocycles. The number of thiophene rings is 1. The summed E-state index contributed by atoms with van der Waals surface area (Å²) in [4.78, 5) is 26.9. The lowest BCUT2D eigenvalue weighted by Crippen LogP contribution is -2.24. The predicted octanol–water partition coefficient (Wildman–Crippen LogP) is 4.24. The van der Waals surface area contributed by atoms with Gasteiger partial charge in [-0.25, -0.2) is 15.0 Å². The zero-order chi connectivity index (χ0) is 17.9. The Morgan fingerprint density at radius 1 is 1.15 bits per heavy atom. The molecule has 0 unspecified atom stereocenters. The maximum absolute atomic E-state index is 12.9. The van der Waals surface area contributed by atoms with E-state index in [2.05, 4.69) is 15.0 Å². The molecule has 8 heteroatoms. The van der Waals surface area contributed by atoms with Crippen molar-refractivity contribution in [1.82, 2.24) is 19.5 Å².